The molecule has 0 aliphatic heterocycles. The van der Waals surface area contributed by atoms with Gasteiger partial charge in [-0.15, -0.1) is 0 Å². The highest BCUT2D eigenvalue weighted by Crippen LogP contribution is 2.33. The molecule has 0 bridgehead atoms. The summed E-state index contributed by atoms with van der Waals surface area (Å²) in [7, 11) is 0. The number of hydrogen-bond donors (Lipinski definition) is 3. The summed E-state index contributed by atoms with van der Waals surface area (Å²) >= 11 is 4.25. The molecule has 140 valence electrons. The maximum atomic E-state index is 11.4. The summed E-state index contributed by atoms with van der Waals surface area (Å²) in [5, 5.41) is 22.1. The molecule has 7 heteroatoms. The second-order valence-corrected chi connectivity index (χ2v) is 8.31. The number of rotatable bonds is 8. The van der Waals surface area contributed by atoms with Gasteiger partial charge in [0.1, 0.15) is 23.3 Å². The fourth-order valence-electron chi connectivity index (χ4n) is 2.52. The highest BCUT2D eigenvalue weighted by atomic mass is 127. The Hall–Kier alpha value is -1.07. The van der Waals surface area contributed by atoms with E-state index in [2.05, 4.69) is 50.5 Å². The van der Waals surface area contributed by atoms with Crippen molar-refractivity contribution in [2.75, 3.05) is 6.54 Å². The first-order valence-corrected chi connectivity index (χ1v) is 10.4. The minimum Gasteiger partial charge on any atom is -0.507 e. The fraction of sp³-hybridized carbons (Fsp3) is 0.316. The molecule has 5 nitrogen and oxygen atoms in total. The van der Waals surface area contributed by atoms with Gasteiger partial charge in [0.2, 0.25) is 0 Å². The number of halogens is 2. The number of aliphatic carboxylic acids is 1. The zero-order chi connectivity index (χ0) is 19.3. The highest BCUT2D eigenvalue weighted by molar-refractivity contribution is 14.1. The number of aryl methyl sites for hydroxylation is 1. The molecule has 3 N–H and O–H groups in total. The van der Waals surface area contributed by atoms with Gasteiger partial charge in [-0.1, -0.05) is 13.0 Å². The van der Waals surface area contributed by atoms with Crippen LogP contribution in [0, 0.1) is 14.1 Å². The smallest absolute Gasteiger partial charge is 0.321 e. The zero-order valence-corrected chi connectivity index (χ0v) is 18.9. The SMILES string of the molecule is CCCNC(Cc1cc(C)c(Oc2ccc(O)c(I)c2)c(I)c1)C(=O)O. The van der Waals surface area contributed by atoms with E-state index in [-0.39, 0.29) is 5.75 Å². The van der Waals surface area contributed by atoms with Crippen molar-refractivity contribution >= 4 is 51.2 Å². The van der Waals surface area contributed by atoms with Gasteiger partial charge >= 0.3 is 5.97 Å². The van der Waals surface area contributed by atoms with Crippen LogP contribution < -0.4 is 10.1 Å². The number of carboxylic acids is 1. The number of hydrogen-bond acceptors (Lipinski definition) is 4. The van der Waals surface area contributed by atoms with Gasteiger partial charge in [0.15, 0.2) is 0 Å². The third-order valence-electron chi connectivity index (χ3n) is 3.81. The molecule has 2 rings (SSSR count). The quantitative estimate of drug-likeness (QED) is 0.395. The van der Waals surface area contributed by atoms with Gasteiger partial charge in [-0.3, -0.25) is 4.79 Å². The van der Waals surface area contributed by atoms with Crippen molar-refractivity contribution in [3.8, 4) is 17.2 Å². The largest absolute Gasteiger partial charge is 0.507 e. The third-order valence-corrected chi connectivity index (χ3v) is 5.47. The number of phenols is 1. The van der Waals surface area contributed by atoms with E-state index in [9.17, 15) is 15.0 Å². The lowest BCUT2D eigenvalue weighted by Crippen LogP contribution is -2.38. The molecule has 2 aromatic rings. The van der Waals surface area contributed by atoms with Gasteiger partial charge in [-0.05, 0) is 107 Å². The fourth-order valence-corrected chi connectivity index (χ4v) is 3.94. The van der Waals surface area contributed by atoms with Crippen LogP contribution in [0.1, 0.15) is 24.5 Å². The van der Waals surface area contributed by atoms with Crippen LogP contribution in [0.4, 0.5) is 0 Å². The molecule has 1 atom stereocenters. The number of aromatic hydroxyl groups is 1. The first-order valence-electron chi connectivity index (χ1n) is 8.23. The Morgan fingerprint density at radius 2 is 1.96 bits per heavy atom. The molecule has 0 amide bonds. The normalized spacial score (nSPS) is 12.0. The van der Waals surface area contributed by atoms with E-state index in [1.54, 1.807) is 18.2 Å². The van der Waals surface area contributed by atoms with Crippen LogP contribution in [-0.2, 0) is 11.2 Å². The van der Waals surface area contributed by atoms with E-state index in [1.807, 2.05) is 26.0 Å². The Bertz CT molecular complexity index is 772. The van der Waals surface area contributed by atoms with Gasteiger partial charge in [0, 0.05) is 0 Å². The Kier molecular flexibility index (Phi) is 7.96. The lowest BCUT2D eigenvalue weighted by atomic mass is 10.0. The Labute approximate surface area is 180 Å². The maximum Gasteiger partial charge on any atom is 0.321 e. The number of carbonyl (C=O) groups is 1. The predicted octanol–water partition coefficient (Wildman–Crippen LogP) is 4.70. The van der Waals surface area contributed by atoms with E-state index in [0.717, 1.165) is 30.4 Å². The lowest BCUT2D eigenvalue weighted by Gasteiger charge is -2.17. The van der Waals surface area contributed by atoms with Crippen molar-refractivity contribution in [1.29, 1.82) is 0 Å². The van der Waals surface area contributed by atoms with E-state index in [1.165, 1.54) is 0 Å². The van der Waals surface area contributed by atoms with Gasteiger partial charge in [-0.25, -0.2) is 0 Å². The summed E-state index contributed by atoms with van der Waals surface area (Å²) in [5.41, 5.74) is 1.89. The van der Waals surface area contributed by atoms with Gasteiger partial charge in [0.25, 0.3) is 0 Å². The van der Waals surface area contributed by atoms with Crippen molar-refractivity contribution in [2.24, 2.45) is 0 Å². The summed E-state index contributed by atoms with van der Waals surface area (Å²) in [6, 6.07) is 8.41. The number of benzene rings is 2. The van der Waals surface area contributed by atoms with Gasteiger partial charge < -0.3 is 20.3 Å². The van der Waals surface area contributed by atoms with Crippen molar-refractivity contribution in [3.05, 3.63) is 48.6 Å². The molecular formula is C19H21I2NO4. The maximum absolute atomic E-state index is 11.4. The first-order chi connectivity index (χ1) is 12.3. The Balaban J connectivity index is 2.21. The molecule has 0 spiro atoms. The number of carboxylic acid groups (broad SMARTS) is 1. The standard InChI is InChI=1S/C19H21I2NO4/c1-3-6-22-16(19(24)25)9-12-7-11(2)18(15(21)8-12)26-13-4-5-17(23)14(20)10-13/h4-5,7-8,10,16,22-23H,3,6,9H2,1-2H3,(H,24,25). The second-order valence-electron chi connectivity index (χ2n) is 5.99. The average Bonchev–Trinajstić information content (AvgIpc) is 2.57. The Morgan fingerprint density at radius 1 is 1.23 bits per heavy atom. The van der Waals surface area contributed by atoms with Crippen LogP contribution in [0.2, 0.25) is 0 Å². The topological polar surface area (TPSA) is 78.8 Å². The van der Waals surface area contributed by atoms with Crippen LogP contribution in [0.15, 0.2) is 30.3 Å². The molecule has 0 heterocycles. The molecule has 26 heavy (non-hydrogen) atoms. The highest BCUT2D eigenvalue weighted by Gasteiger charge is 2.18. The summed E-state index contributed by atoms with van der Waals surface area (Å²) < 4.78 is 7.63. The Morgan fingerprint density at radius 3 is 2.54 bits per heavy atom. The van der Waals surface area contributed by atoms with Crippen molar-refractivity contribution in [2.45, 2.75) is 32.7 Å². The summed E-state index contributed by atoms with van der Waals surface area (Å²) in [6.07, 6.45) is 1.31. The van der Waals surface area contributed by atoms with Crippen molar-refractivity contribution in [3.63, 3.8) is 0 Å². The van der Waals surface area contributed by atoms with Gasteiger partial charge in [0.05, 0.1) is 7.14 Å². The number of phenolic OH excluding ortho intramolecular Hbond substituents is 1. The van der Waals surface area contributed by atoms with Crippen molar-refractivity contribution in [1.82, 2.24) is 5.32 Å². The minimum absolute atomic E-state index is 0.221. The molecule has 0 aliphatic carbocycles. The molecule has 0 saturated heterocycles. The van der Waals surface area contributed by atoms with Gasteiger partial charge in [-0.2, -0.15) is 0 Å². The molecule has 0 saturated carbocycles. The van der Waals surface area contributed by atoms with Crippen LogP contribution >= 0.6 is 45.2 Å². The molecule has 0 aromatic heterocycles. The molecule has 0 aliphatic rings. The number of ether oxygens (including phenoxy) is 1. The molecule has 1 unspecified atom stereocenters. The minimum atomic E-state index is -0.842. The second kappa shape index (κ2) is 9.75. The van der Waals surface area contributed by atoms with Crippen LogP contribution in [0.5, 0.6) is 17.2 Å². The van der Waals surface area contributed by atoms with E-state index < -0.39 is 12.0 Å². The van der Waals surface area contributed by atoms with Crippen LogP contribution in [0.25, 0.3) is 0 Å². The van der Waals surface area contributed by atoms with Crippen molar-refractivity contribution < 1.29 is 19.7 Å². The molecule has 0 fully saturated rings. The first kappa shape index (κ1) is 21.2. The van der Waals surface area contributed by atoms with E-state index >= 15 is 0 Å². The molecular weight excluding hydrogens is 560 g/mol. The third kappa shape index (κ3) is 5.71. The summed E-state index contributed by atoms with van der Waals surface area (Å²) in [5.74, 6) is 0.766. The lowest BCUT2D eigenvalue weighted by molar-refractivity contribution is -0.139. The van der Waals surface area contributed by atoms with Crippen LogP contribution in [0.3, 0.4) is 0 Å². The summed E-state index contributed by atoms with van der Waals surface area (Å²) in [6.45, 7) is 4.63. The average molecular weight is 581 g/mol. The van der Waals surface area contributed by atoms with E-state index in [0.29, 0.717) is 18.7 Å². The predicted molar refractivity (Wildman–Crippen MR) is 118 cm³/mol. The molecule has 2 aromatic carbocycles. The summed E-state index contributed by atoms with van der Waals surface area (Å²) in [4.78, 5) is 11.4. The van der Waals surface area contributed by atoms with Crippen LogP contribution in [-0.4, -0.2) is 28.8 Å². The zero-order valence-electron chi connectivity index (χ0n) is 14.6. The van der Waals surface area contributed by atoms with E-state index in [4.69, 9.17) is 4.74 Å². The molecule has 0 radical (unpaired) electrons. The number of nitrogens with one attached hydrogen (secondary N) is 1. The monoisotopic (exact) mass is 581 g/mol.